The normalized spacial score (nSPS) is 17.0. The summed E-state index contributed by atoms with van der Waals surface area (Å²) in [6, 6.07) is 32.3. The third kappa shape index (κ3) is 8.15. The largest absolute Gasteiger partial charge is 0.458 e. The fourth-order valence-corrected chi connectivity index (χ4v) is 4.19. The van der Waals surface area contributed by atoms with Crippen molar-refractivity contribution in [1.82, 2.24) is 10.9 Å². The summed E-state index contributed by atoms with van der Waals surface area (Å²) in [5.74, 6) is 0.238. The van der Waals surface area contributed by atoms with E-state index in [4.69, 9.17) is 18.9 Å². The van der Waals surface area contributed by atoms with E-state index < -0.39 is 12.6 Å². The molecule has 4 aromatic rings. The molecular formula is C34H32N4O6. The lowest BCUT2D eigenvalue weighted by Crippen LogP contribution is -2.45. The maximum absolute atomic E-state index is 12.6. The Morgan fingerprint density at radius 1 is 0.568 bits per heavy atom. The van der Waals surface area contributed by atoms with E-state index in [-0.39, 0.29) is 11.8 Å². The Kier molecular flexibility index (Phi) is 10.1. The molecule has 0 aliphatic carbocycles. The number of rotatable bonds is 10. The van der Waals surface area contributed by atoms with Gasteiger partial charge in [0.2, 0.25) is 0 Å². The smallest absolute Gasteiger partial charge is 0.271 e. The lowest BCUT2D eigenvalue weighted by molar-refractivity contribution is -0.271. The van der Waals surface area contributed by atoms with Crippen molar-refractivity contribution in [2.24, 2.45) is 10.2 Å². The van der Waals surface area contributed by atoms with Gasteiger partial charge in [-0.3, -0.25) is 9.59 Å². The van der Waals surface area contributed by atoms with E-state index >= 15 is 0 Å². The van der Waals surface area contributed by atoms with Gasteiger partial charge in [-0.15, -0.1) is 0 Å². The van der Waals surface area contributed by atoms with Gasteiger partial charge < -0.3 is 18.9 Å². The molecule has 44 heavy (non-hydrogen) atoms. The van der Waals surface area contributed by atoms with Crippen molar-refractivity contribution in [3.63, 3.8) is 0 Å². The fraction of sp³-hybridized carbons (Fsp3) is 0.176. The van der Waals surface area contributed by atoms with Gasteiger partial charge in [0.05, 0.1) is 24.6 Å². The molecule has 10 heteroatoms. The van der Waals surface area contributed by atoms with Crippen LogP contribution in [0.5, 0.6) is 11.5 Å². The van der Waals surface area contributed by atoms with Gasteiger partial charge in [0.25, 0.3) is 24.4 Å². The van der Waals surface area contributed by atoms with Crippen LogP contribution in [0.15, 0.2) is 119 Å². The van der Waals surface area contributed by atoms with Gasteiger partial charge in [0.15, 0.2) is 0 Å². The number of carbonyl (C=O) groups excluding carboxylic acids is 2. The second-order valence-electron chi connectivity index (χ2n) is 9.77. The average molecular weight is 593 g/mol. The molecule has 2 atom stereocenters. The lowest BCUT2D eigenvalue weighted by Gasteiger charge is -2.31. The minimum absolute atomic E-state index is 0.325. The molecule has 2 amide bonds. The zero-order valence-corrected chi connectivity index (χ0v) is 24.3. The standard InChI is InChI=1S/C34H32N4O6/c1-23(25-9-5-3-6-10-25)35-37-31(39)27-13-17-29(18-14-27)43-33-34(42-22-21-41-33)44-30-19-15-28(16-20-30)32(40)38-36-24(2)26-11-7-4-8-12-26/h3-20,33-34H,21-22H2,1-2H3,(H,37,39)(H,38,40). The number of hydrogen-bond donors (Lipinski definition) is 2. The Bertz CT molecular complexity index is 1480. The third-order valence-corrected chi connectivity index (χ3v) is 6.64. The van der Waals surface area contributed by atoms with E-state index in [2.05, 4.69) is 21.1 Å². The van der Waals surface area contributed by atoms with Crippen LogP contribution in [0.4, 0.5) is 0 Å². The highest BCUT2D eigenvalue weighted by Crippen LogP contribution is 2.22. The van der Waals surface area contributed by atoms with E-state index in [0.29, 0.717) is 47.3 Å². The van der Waals surface area contributed by atoms with Gasteiger partial charge in [-0.05, 0) is 73.5 Å². The van der Waals surface area contributed by atoms with Crippen LogP contribution in [0.2, 0.25) is 0 Å². The first-order valence-corrected chi connectivity index (χ1v) is 14.0. The SMILES string of the molecule is CC(=NNC(=O)c1ccc(OC2OCCOC2Oc2ccc(C(=O)NN=C(C)c3ccccc3)cc2)cc1)c1ccccc1. The van der Waals surface area contributed by atoms with Gasteiger partial charge in [0, 0.05) is 11.1 Å². The first kappa shape index (κ1) is 30.1. The monoisotopic (exact) mass is 592 g/mol. The van der Waals surface area contributed by atoms with Crippen LogP contribution in [-0.4, -0.2) is 49.0 Å². The predicted molar refractivity (Wildman–Crippen MR) is 166 cm³/mol. The topological polar surface area (TPSA) is 120 Å². The lowest BCUT2D eigenvalue weighted by atomic mass is 10.1. The Balaban J connectivity index is 1.14. The number of carbonyl (C=O) groups is 2. The average Bonchev–Trinajstić information content (AvgIpc) is 3.08. The Morgan fingerprint density at radius 3 is 1.30 bits per heavy atom. The van der Waals surface area contributed by atoms with E-state index in [1.165, 1.54) is 0 Å². The molecular weight excluding hydrogens is 560 g/mol. The molecule has 10 nitrogen and oxygen atoms in total. The Morgan fingerprint density at radius 2 is 0.932 bits per heavy atom. The highest BCUT2D eigenvalue weighted by molar-refractivity contribution is 6.01. The van der Waals surface area contributed by atoms with Crippen LogP contribution in [0, 0.1) is 0 Å². The van der Waals surface area contributed by atoms with E-state index in [9.17, 15) is 9.59 Å². The molecule has 0 aromatic heterocycles. The van der Waals surface area contributed by atoms with Crippen molar-refractivity contribution in [2.75, 3.05) is 13.2 Å². The maximum Gasteiger partial charge on any atom is 0.271 e. The molecule has 5 rings (SSSR count). The van der Waals surface area contributed by atoms with Crippen LogP contribution < -0.4 is 20.3 Å². The first-order chi connectivity index (χ1) is 21.5. The van der Waals surface area contributed by atoms with Gasteiger partial charge in [-0.1, -0.05) is 60.7 Å². The number of hydrazone groups is 2. The van der Waals surface area contributed by atoms with Gasteiger partial charge in [-0.25, -0.2) is 10.9 Å². The molecule has 1 fully saturated rings. The van der Waals surface area contributed by atoms with Crippen LogP contribution in [-0.2, 0) is 9.47 Å². The highest BCUT2D eigenvalue weighted by Gasteiger charge is 2.31. The number of amides is 2. The summed E-state index contributed by atoms with van der Waals surface area (Å²) in [5, 5.41) is 8.37. The molecule has 1 heterocycles. The van der Waals surface area contributed by atoms with Crippen LogP contribution >= 0.6 is 0 Å². The Hall–Kier alpha value is -5.32. The summed E-state index contributed by atoms with van der Waals surface area (Å²) in [5.41, 5.74) is 9.21. The first-order valence-electron chi connectivity index (χ1n) is 14.0. The molecule has 4 aromatic carbocycles. The van der Waals surface area contributed by atoms with Crippen molar-refractivity contribution in [3.05, 3.63) is 131 Å². The summed E-state index contributed by atoms with van der Waals surface area (Å²) in [6.07, 6.45) is -1.72. The predicted octanol–water partition coefficient (Wildman–Crippen LogP) is 5.15. The zero-order valence-electron chi connectivity index (χ0n) is 24.3. The zero-order chi connectivity index (χ0) is 30.7. The summed E-state index contributed by atoms with van der Waals surface area (Å²) in [4.78, 5) is 25.1. The molecule has 2 N–H and O–H groups in total. The molecule has 2 unspecified atom stereocenters. The summed E-state index contributed by atoms with van der Waals surface area (Å²) < 4.78 is 23.5. The molecule has 0 spiro atoms. The fourth-order valence-electron chi connectivity index (χ4n) is 4.19. The van der Waals surface area contributed by atoms with Crippen LogP contribution in [0.1, 0.15) is 45.7 Å². The van der Waals surface area contributed by atoms with Crippen LogP contribution in [0.25, 0.3) is 0 Å². The maximum atomic E-state index is 12.6. The second kappa shape index (κ2) is 14.7. The van der Waals surface area contributed by atoms with E-state index in [1.807, 2.05) is 74.5 Å². The molecule has 1 saturated heterocycles. The van der Waals surface area contributed by atoms with Crippen molar-refractivity contribution in [3.8, 4) is 11.5 Å². The van der Waals surface area contributed by atoms with Crippen molar-refractivity contribution in [1.29, 1.82) is 0 Å². The van der Waals surface area contributed by atoms with Gasteiger partial charge in [-0.2, -0.15) is 10.2 Å². The van der Waals surface area contributed by atoms with Crippen molar-refractivity contribution in [2.45, 2.75) is 26.4 Å². The number of ether oxygens (including phenoxy) is 4. The Labute approximate surface area is 255 Å². The van der Waals surface area contributed by atoms with Crippen molar-refractivity contribution < 1.29 is 28.5 Å². The molecule has 1 aliphatic heterocycles. The third-order valence-electron chi connectivity index (χ3n) is 6.64. The number of nitrogens with zero attached hydrogens (tertiary/aromatic N) is 2. The van der Waals surface area contributed by atoms with Gasteiger partial charge in [0.1, 0.15) is 11.5 Å². The molecule has 224 valence electrons. The molecule has 0 bridgehead atoms. The van der Waals surface area contributed by atoms with E-state index in [1.54, 1.807) is 48.5 Å². The summed E-state index contributed by atoms with van der Waals surface area (Å²) in [6.45, 7) is 4.30. The summed E-state index contributed by atoms with van der Waals surface area (Å²) >= 11 is 0. The molecule has 1 aliphatic rings. The van der Waals surface area contributed by atoms with Crippen molar-refractivity contribution >= 4 is 23.2 Å². The number of benzene rings is 4. The molecule has 0 radical (unpaired) electrons. The van der Waals surface area contributed by atoms with E-state index in [0.717, 1.165) is 11.1 Å². The minimum Gasteiger partial charge on any atom is -0.458 e. The van der Waals surface area contributed by atoms with Crippen LogP contribution in [0.3, 0.4) is 0 Å². The number of nitrogens with one attached hydrogen (secondary N) is 2. The quantitative estimate of drug-likeness (QED) is 0.194. The summed E-state index contributed by atoms with van der Waals surface area (Å²) in [7, 11) is 0. The second-order valence-corrected chi connectivity index (χ2v) is 9.77. The highest BCUT2D eigenvalue weighted by atomic mass is 16.8. The molecule has 0 saturated carbocycles. The minimum atomic E-state index is -0.861. The number of hydrogen-bond acceptors (Lipinski definition) is 8. The van der Waals surface area contributed by atoms with Gasteiger partial charge >= 0.3 is 0 Å².